The lowest BCUT2D eigenvalue weighted by Crippen LogP contribution is -2.17. The minimum absolute atomic E-state index is 0.147. The second-order valence-corrected chi connectivity index (χ2v) is 6.48. The van der Waals surface area contributed by atoms with Gasteiger partial charge in [-0.25, -0.2) is 4.39 Å². The molecule has 1 atom stereocenters. The second kappa shape index (κ2) is 6.55. The minimum atomic E-state index is -0.213. The summed E-state index contributed by atoms with van der Waals surface area (Å²) in [7, 11) is 0. The van der Waals surface area contributed by atoms with Crippen molar-refractivity contribution in [3.8, 4) is 0 Å². The zero-order valence-corrected chi connectivity index (χ0v) is 13.0. The molecule has 100 valence electrons. The summed E-state index contributed by atoms with van der Waals surface area (Å²) in [5.41, 5.74) is 6.99. The molecule has 0 amide bonds. The van der Waals surface area contributed by atoms with E-state index in [0.717, 1.165) is 20.7 Å². The van der Waals surface area contributed by atoms with Gasteiger partial charge in [0.15, 0.2) is 0 Å². The molecule has 0 aliphatic carbocycles. The molecule has 2 N–H and O–H groups in total. The first-order valence-electron chi connectivity index (χ1n) is 6.02. The van der Waals surface area contributed by atoms with E-state index in [9.17, 15) is 4.39 Å². The van der Waals surface area contributed by atoms with Crippen molar-refractivity contribution in [2.24, 2.45) is 5.73 Å². The van der Waals surface area contributed by atoms with Crippen LogP contribution in [0.2, 0.25) is 0 Å². The standard InChI is InChI=1S/C15H15BrFNS/c1-10(18)7-11-5-6-15(14(16)8-11)19-13-4-2-3-12(17)9-13/h2-6,8-10H,7,18H2,1H3. The molecule has 0 aliphatic heterocycles. The summed E-state index contributed by atoms with van der Waals surface area (Å²) in [5.74, 6) is -0.213. The molecule has 19 heavy (non-hydrogen) atoms. The van der Waals surface area contributed by atoms with Crippen LogP contribution in [0.3, 0.4) is 0 Å². The van der Waals surface area contributed by atoms with E-state index in [0.29, 0.717) is 0 Å². The molecule has 0 saturated heterocycles. The number of hydrogen-bond donors (Lipinski definition) is 1. The molecule has 2 aromatic carbocycles. The average Bonchev–Trinajstić information content (AvgIpc) is 2.32. The van der Waals surface area contributed by atoms with Crippen LogP contribution in [0.15, 0.2) is 56.7 Å². The first-order chi connectivity index (χ1) is 9.04. The van der Waals surface area contributed by atoms with Crippen molar-refractivity contribution in [3.63, 3.8) is 0 Å². The molecular weight excluding hydrogens is 325 g/mol. The topological polar surface area (TPSA) is 26.0 Å². The van der Waals surface area contributed by atoms with Gasteiger partial charge in [-0.2, -0.15) is 0 Å². The van der Waals surface area contributed by atoms with Crippen LogP contribution in [-0.4, -0.2) is 6.04 Å². The van der Waals surface area contributed by atoms with Gasteiger partial charge >= 0.3 is 0 Å². The zero-order chi connectivity index (χ0) is 13.8. The highest BCUT2D eigenvalue weighted by Crippen LogP contribution is 2.34. The van der Waals surface area contributed by atoms with E-state index >= 15 is 0 Å². The Labute approximate surface area is 125 Å². The van der Waals surface area contributed by atoms with E-state index in [2.05, 4.69) is 28.1 Å². The second-order valence-electron chi connectivity index (χ2n) is 4.51. The molecule has 0 radical (unpaired) electrons. The van der Waals surface area contributed by atoms with Gasteiger partial charge in [0, 0.05) is 20.3 Å². The molecule has 4 heteroatoms. The van der Waals surface area contributed by atoms with Gasteiger partial charge in [0.2, 0.25) is 0 Å². The minimum Gasteiger partial charge on any atom is -0.328 e. The van der Waals surface area contributed by atoms with Crippen molar-refractivity contribution in [3.05, 3.63) is 58.3 Å². The van der Waals surface area contributed by atoms with Crippen LogP contribution in [0.1, 0.15) is 12.5 Å². The van der Waals surface area contributed by atoms with Gasteiger partial charge in [-0.3, -0.25) is 0 Å². The van der Waals surface area contributed by atoms with E-state index in [4.69, 9.17) is 5.73 Å². The third kappa shape index (κ3) is 4.34. The van der Waals surface area contributed by atoms with Gasteiger partial charge in [-0.1, -0.05) is 23.9 Å². The molecule has 0 fully saturated rings. The van der Waals surface area contributed by atoms with Crippen molar-refractivity contribution in [2.45, 2.75) is 29.2 Å². The summed E-state index contributed by atoms with van der Waals surface area (Å²) in [5, 5.41) is 0. The lowest BCUT2D eigenvalue weighted by atomic mass is 10.1. The summed E-state index contributed by atoms with van der Waals surface area (Å²) in [4.78, 5) is 1.96. The first-order valence-corrected chi connectivity index (χ1v) is 7.63. The summed E-state index contributed by atoms with van der Waals surface area (Å²) in [6.07, 6.45) is 0.851. The number of benzene rings is 2. The van der Waals surface area contributed by atoms with Crippen LogP contribution in [0.5, 0.6) is 0 Å². The van der Waals surface area contributed by atoms with Gasteiger partial charge in [-0.05, 0) is 65.2 Å². The Hall–Kier alpha value is -0.840. The van der Waals surface area contributed by atoms with Crippen molar-refractivity contribution in [2.75, 3.05) is 0 Å². The fourth-order valence-corrected chi connectivity index (χ4v) is 3.32. The maximum absolute atomic E-state index is 13.1. The van der Waals surface area contributed by atoms with Gasteiger partial charge in [-0.15, -0.1) is 0 Å². The third-order valence-electron chi connectivity index (χ3n) is 2.58. The fourth-order valence-electron chi connectivity index (χ4n) is 1.78. The Morgan fingerprint density at radius 1 is 1.26 bits per heavy atom. The molecule has 1 unspecified atom stereocenters. The highest BCUT2D eigenvalue weighted by atomic mass is 79.9. The molecule has 0 heterocycles. The molecule has 0 aliphatic rings. The van der Waals surface area contributed by atoms with Gasteiger partial charge < -0.3 is 5.73 Å². The predicted octanol–water partition coefficient (Wildman–Crippen LogP) is 4.63. The third-order valence-corrected chi connectivity index (χ3v) is 4.56. The quantitative estimate of drug-likeness (QED) is 0.878. The largest absolute Gasteiger partial charge is 0.328 e. The summed E-state index contributed by atoms with van der Waals surface area (Å²) >= 11 is 5.10. The molecule has 0 spiro atoms. The van der Waals surface area contributed by atoms with Gasteiger partial charge in [0.1, 0.15) is 5.82 Å². The van der Waals surface area contributed by atoms with E-state index in [1.165, 1.54) is 29.5 Å². The first kappa shape index (κ1) is 14.6. The van der Waals surface area contributed by atoms with E-state index in [1.807, 2.05) is 19.1 Å². The smallest absolute Gasteiger partial charge is 0.124 e. The van der Waals surface area contributed by atoms with Crippen LogP contribution in [0, 0.1) is 5.82 Å². The SMILES string of the molecule is CC(N)Cc1ccc(Sc2cccc(F)c2)c(Br)c1. The Morgan fingerprint density at radius 2 is 2.05 bits per heavy atom. The Bertz CT molecular complexity index is 572. The van der Waals surface area contributed by atoms with Crippen LogP contribution >= 0.6 is 27.7 Å². The number of nitrogens with two attached hydrogens (primary N) is 1. The van der Waals surface area contributed by atoms with E-state index < -0.39 is 0 Å². The van der Waals surface area contributed by atoms with Crippen molar-refractivity contribution in [1.82, 2.24) is 0 Å². The lowest BCUT2D eigenvalue weighted by molar-refractivity contribution is 0.624. The zero-order valence-electron chi connectivity index (χ0n) is 10.6. The van der Waals surface area contributed by atoms with Crippen LogP contribution < -0.4 is 5.73 Å². The van der Waals surface area contributed by atoms with E-state index in [-0.39, 0.29) is 11.9 Å². The average molecular weight is 340 g/mol. The lowest BCUT2D eigenvalue weighted by Gasteiger charge is -2.09. The maximum atomic E-state index is 13.1. The van der Waals surface area contributed by atoms with Gasteiger partial charge in [0.05, 0.1) is 0 Å². The highest BCUT2D eigenvalue weighted by molar-refractivity contribution is 9.10. The van der Waals surface area contributed by atoms with Crippen LogP contribution in [0.25, 0.3) is 0 Å². The molecule has 0 aromatic heterocycles. The summed E-state index contributed by atoms with van der Waals surface area (Å²) < 4.78 is 14.2. The molecule has 1 nitrogen and oxygen atoms in total. The normalized spacial score (nSPS) is 12.4. The van der Waals surface area contributed by atoms with Crippen molar-refractivity contribution >= 4 is 27.7 Å². The Kier molecular flexibility index (Phi) is 5.02. The molecule has 2 rings (SSSR count). The van der Waals surface area contributed by atoms with Crippen molar-refractivity contribution < 1.29 is 4.39 Å². The fraction of sp³-hybridized carbons (Fsp3) is 0.200. The number of rotatable bonds is 4. The van der Waals surface area contributed by atoms with Crippen LogP contribution in [0.4, 0.5) is 4.39 Å². The van der Waals surface area contributed by atoms with E-state index in [1.54, 1.807) is 6.07 Å². The molecular formula is C15H15BrFNS. The van der Waals surface area contributed by atoms with Gasteiger partial charge in [0.25, 0.3) is 0 Å². The molecule has 2 aromatic rings. The predicted molar refractivity (Wildman–Crippen MR) is 82.0 cm³/mol. The number of hydrogen-bond acceptors (Lipinski definition) is 2. The summed E-state index contributed by atoms with van der Waals surface area (Å²) in [6.45, 7) is 1.99. The Balaban J connectivity index is 2.17. The monoisotopic (exact) mass is 339 g/mol. The maximum Gasteiger partial charge on any atom is 0.124 e. The molecule has 0 saturated carbocycles. The Morgan fingerprint density at radius 3 is 2.68 bits per heavy atom. The molecule has 0 bridgehead atoms. The van der Waals surface area contributed by atoms with Crippen LogP contribution in [-0.2, 0) is 6.42 Å². The highest BCUT2D eigenvalue weighted by Gasteiger charge is 2.06. The number of halogens is 2. The van der Waals surface area contributed by atoms with Crippen molar-refractivity contribution in [1.29, 1.82) is 0 Å². The summed E-state index contributed by atoms with van der Waals surface area (Å²) in [6, 6.07) is 12.9.